The minimum absolute atomic E-state index is 0.0127. The maximum atomic E-state index is 11.8. The van der Waals surface area contributed by atoms with Crippen LogP contribution in [0.25, 0.3) is 0 Å². The number of hydrogen-bond acceptors (Lipinski definition) is 3. The van der Waals surface area contributed by atoms with Gasteiger partial charge in [-0.3, -0.25) is 9.59 Å². The summed E-state index contributed by atoms with van der Waals surface area (Å²) in [6.07, 6.45) is 1.52. The molecular formula is C13H16N2O4. The molecule has 0 aliphatic rings. The van der Waals surface area contributed by atoms with Crippen molar-refractivity contribution in [3.8, 4) is 0 Å². The van der Waals surface area contributed by atoms with Crippen molar-refractivity contribution in [1.29, 1.82) is 0 Å². The molecule has 0 aromatic carbocycles. The minimum Gasteiger partial charge on any atom is -0.478 e. The Morgan fingerprint density at radius 2 is 1.89 bits per heavy atom. The highest BCUT2D eigenvalue weighted by Gasteiger charge is 2.13. The van der Waals surface area contributed by atoms with Crippen LogP contribution in [0, 0.1) is 0 Å². The van der Waals surface area contributed by atoms with Crippen LogP contribution in [0.2, 0.25) is 0 Å². The van der Waals surface area contributed by atoms with Gasteiger partial charge in [0.05, 0.1) is 5.69 Å². The van der Waals surface area contributed by atoms with Gasteiger partial charge in [-0.25, -0.2) is 4.79 Å². The molecule has 102 valence electrons. The van der Waals surface area contributed by atoms with E-state index >= 15 is 0 Å². The summed E-state index contributed by atoms with van der Waals surface area (Å²) >= 11 is 0. The molecule has 1 aromatic rings. The molecule has 2 N–H and O–H groups in total. The number of pyridine rings is 1. The van der Waals surface area contributed by atoms with E-state index in [4.69, 9.17) is 5.11 Å². The molecule has 0 saturated carbocycles. The highest BCUT2D eigenvalue weighted by atomic mass is 16.4. The molecule has 0 fully saturated rings. The zero-order valence-electron chi connectivity index (χ0n) is 11.1. The van der Waals surface area contributed by atoms with E-state index in [9.17, 15) is 14.4 Å². The van der Waals surface area contributed by atoms with Crippen LogP contribution in [0.1, 0.15) is 20.8 Å². The van der Waals surface area contributed by atoms with E-state index in [-0.39, 0.29) is 16.7 Å². The third-order valence-electron chi connectivity index (χ3n) is 2.81. The average molecular weight is 264 g/mol. The quantitative estimate of drug-likeness (QED) is 0.800. The molecule has 19 heavy (non-hydrogen) atoms. The minimum atomic E-state index is -1.13. The summed E-state index contributed by atoms with van der Waals surface area (Å²) in [5.74, 6) is -1.63. The van der Waals surface area contributed by atoms with Crippen molar-refractivity contribution in [2.24, 2.45) is 0 Å². The van der Waals surface area contributed by atoms with Crippen molar-refractivity contribution in [2.75, 3.05) is 5.32 Å². The molecule has 0 spiro atoms. The second-order valence-electron chi connectivity index (χ2n) is 4.05. The fraction of sp³-hybridized carbons (Fsp3) is 0.308. The van der Waals surface area contributed by atoms with E-state index in [2.05, 4.69) is 5.32 Å². The van der Waals surface area contributed by atoms with Crippen molar-refractivity contribution in [1.82, 2.24) is 4.57 Å². The number of carboxylic acids is 1. The molecule has 1 aromatic heterocycles. The lowest BCUT2D eigenvalue weighted by atomic mass is 10.1. The van der Waals surface area contributed by atoms with Crippen LogP contribution in [0.15, 0.2) is 34.3 Å². The molecule has 0 unspecified atom stereocenters. The molecular weight excluding hydrogens is 248 g/mol. The topological polar surface area (TPSA) is 88.4 Å². The van der Waals surface area contributed by atoms with E-state index in [0.29, 0.717) is 12.2 Å². The number of aliphatic carboxylic acids is 1. The summed E-state index contributed by atoms with van der Waals surface area (Å²) in [5, 5.41) is 11.4. The lowest BCUT2D eigenvalue weighted by molar-refractivity contribution is -0.133. The average Bonchev–Trinajstić information content (AvgIpc) is 2.38. The number of nitrogens with zero attached hydrogens (tertiary/aromatic N) is 1. The Hall–Kier alpha value is -2.37. The lowest BCUT2D eigenvalue weighted by Gasteiger charge is -2.09. The van der Waals surface area contributed by atoms with Crippen molar-refractivity contribution in [2.45, 2.75) is 27.3 Å². The zero-order chi connectivity index (χ0) is 14.6. The number of rotatable bonds is 4. The summed E-state index contributed by atoms with van der Waals surface area (Å²) < 4.78 is 1.44. The van der Waals surface area contributed by atoms with Crippen LogP contribution in [-0.4, -0.2) is 21.6 Å². The first-order chi connectivity index (χ1) is 8.86. The number of carbonyl (C=O) groups excluding carboxylic acids is 1. The Kier molecular flexibility index (Phi) is 4.63. The van der Waals surface area contributed by atoms with Gasteiger partial charge in [-0.05, 0) is 26.8 Å². The number of aromatic nitrogens is 1. The fourth-order valence-electron chi connectivity index (χ4n) is 1.41. The van der Waals surface area contributed by atoms with Crippen LogP contribution >= 0.6 is 0 Å². The van der Waals surface area contributed by atoms with Gasteiger partial charge in [0.2, 0.25) is 0 Å². The van der Waals surface area contributed by atoms with E-state index in [0.717, 1.165) is 0 Å². The monoisotopic (exact) mass is 264 g/mol. The second-order valence-corrected chi connectivity index (χ2v) is 4.05. The van der Waals surface area contributed by atoms with Crippen molar-refractivity contribution >= 4 is 17.6 Å². The largest absolute Gasteiger partial charge is 0.478 e. The van der Waals surface area contributed by atoms with Gasteiger partial charge in [0.15, 0.2) is 0 Å². The number of nitrogens with one attached hydrogen (secondary N) is 1. The van der Waals surface area contributed by atoms with Crippen molar-refractivity contribution in [3.05, 3.63) is 39.8 Å². The molecule has 1 amide bonds. The standard InChI is InChI=1S/C13H16N2O4/c1-4-15-7-10(5-6-11(15)16)14-12(17)8(2)9(3)13(18)19/h5-7H,4H2,1-3H3,(H,14,17)(H,18,19). The lowest BCUT2D eigenvalue weighted by Crippen LogP contribution is -2.21. The van der Waals surface area contributed by atoms with Gasteiger partial charge in [-0.15, -0.1) is 0 Å². The highest BCUT2D eigenvalue weighted by Crippen LogP contribution is 2.09. The third kappa shape index (κ3) is 3.54. The first-order valence-electron chi connectivity index (χ1n) is 5.79. The SMILES string of the molecule is CCn1cc(NC(=O)C(C)=C(C)C(=O)O)ccc1=O. The molecule has 6 nitrogen and oxygen atoms in total. The summed E-state index contributed by atoms with van der Waals surface area (Å²) in [5.41, 5.74) is 0.404. The molecule has 1 heterocycles. The number of aryl methyl sites for hydroxylation is 1. The Bertz CT molecular complexity index is 599. The van der Waals surface area contributed by atoms with Crippen molar-refractivity contribution < 1.29 is 14.7 Å². The Labute approximate surface area is 110 Å². The van der Waals surface area contributed by atoms with Gasteiger partial charge in [-0.1, -0.05) is 0 Å². The summed E-state index contributed by atoms with van der Waals surface area (Å²) in [6.45, 7) is 5.11. The maximum absolute atomic E-state index is 11.8. The molecule has 6 heteroatoms. The van der Waals surface area contributed by atoms with Gasteiger partial charge in [0, 0.05) is 30.0 Å². The number of carboxylic acid groups (broad SMARTS) is 1. The Balaban J connectivity index is 2.98. The highest BCUT2D eigenvalue weighted by molar-refractivity contribution is 6.07. The number of carbonyl (C=O) groups is 2. The Morgan fingerprint density at radius 1 is 1.26 bits per heavy atom. The zero-order valence-corrected chi connectivity index (χ0v) is 11.1. The van der Waals surface area contributed by atoms with Crippen LogP contribution in [-0.2, 0) is 16.1 Å². The first-order valence-corrected chi connectivity index (χ1v) is 5.79. The molecule has 0 saturated heterocycles. The molecule has 1 rings (SSSR count). The Morgan fingerprint density at radius 3 is 2.42 bits per heavy atom. The second kappa shape index (κ2) is 5.99. The molecule has 0 aliphatic heterocycles. The van der Waals surface area contributed by atoms with Gasteiger partial charge < -0.3 is 15.0 Å². The number of hydrogen-bond donors (Lipinski definition) is 2. The molecule has 0 radical (unpaired) electrons. The van der Waals surface area contributed by atoms with Crippen molar-refractivity contribution in [3.63, 3.8) is 0 Å². The van der Waals surface area contributed by atoms with Crippen LogP contribution < -0.4 is 10.9 Å². The van der Waals surface area contributed by atoms with Gasteiger partial charge >= 0.3 is 5.97 Å². The van der Waals surface area contributed by atoms with E-state index < -0.39 is 11.9 Å². The van der Waals surface area contributed by atoms with E-state index in [1.807, 2.05) is 6.92 Å². The molecule has 0 aliphatic carbocycles. The normalized spacial score (nSPS) is 11.7. The predicted octanol–water partition coefficient (Wildman–Crippen LogP) is 1.23. The van der Waals surface area contributed by atoms with Gasteiger partial charge in [0.1, 0.15) is 0 Å². The predicted molar refractivity (Wildman–Crippen MR) is 71.0 cm³/mol. The molecule has 0 bridgehead atoms. The van der Waals surface area contributed by atoms with E-state index in [1.54, 1.807) is 0 Å². The smallest absolute Gasteiger partial charge is 0.331 e. The van der Waals surface area contributed by atoms with E-state index in [1.165, 1.54) is 36.7 Å². The summed E-state index contributed by atoms with van der Waals surface area (Å²) in [4.78, 5) is 34.0. The number of amides is 1. The maximum Gasteiger partial charge on any atom is 0.331 e. The van der Waals surface area contributed by atoms with Crippen LogP contribution in [0.3, 0.4) is 0 Å². The van der Waals surface area contributed by atoms with Crippen LogP contribution in [0.5, 0.6) is 0 Å². The van der Waals surface area contributed by atoms with Gasteiger partial charge in [0.25, 0.3) is 11.5 Å². The first kappa shape index (κ1) is 14.7. The third-order valence-corrected chi connectivity index (χ3v) is 2.81. The number of anilines is 1. The summed E-state index contributed by atoms with van der Waals surface area (Å²) in [7, 11) is 0. The van der Waals surface area contributed by atoms with Gasteiger partial charge in [-0.2, -0.15) is 0 Å². The fourth-order valence-corrected chi connectivity index (χ4v) is 1.41. The summed E-state index contributed by atoms with van der Waals surface area (Å²) in [6, 6.07) is 2.83. The molecule has 0 atom stereocenters. The van der Waals surface area contributed by atoms with Crippen LogP contribution in [0.4, 0.5) is 5.69 Å².